The zero-order valence-corrected chi connectivity index (χ0v) is 15.3. The molecule has 0 radical (unpaired) electrons. The van der Waals surface area contributed by atoms with Crippen molar-refractivity contribution < 1.29 is 0 Å². The molecular weight excluding hydrogens is 271 g/mol. The molecule has 0 aliphatic rings. The van der Waals surface area contributed by atoms with Crippen LogP contribution < -0.4 is 0 Å². The molecule has 0 unspecified atom stereocenters. The molecule has 0 fully saturated rings. The molecule has 0 aromatic heterocycles. The first-order valence-corrected chi connectivity index (χ1v) is 8.57. The molecule has 0 nitrogen and oxygen atoms in total. The summed E-state index contributed by atoms with van der Waals surface area (Å²) < 4.78 is 0. The first-order valence-electron chi connectivity index (χ1n) is 7.57. The van der Waals surface area contributed by atoms with Crippen molar-refractivity contribution in [2.45, 2.75) is 51.9 Å². The Morgan fingerprint density at radius 1 is 0.524 bits per heavy atom. The number of hydrogen-bond donors (Lipinski definition) is 0. The normalized spacial score (nSPS) is 11.5. The van der Waals surface area contributed by atoms with E-state index in [1.54, 1.807) is 0 Å². The van der Waals surface area contributed by atoms with Crippen LogP contribution in [-0.2, 0) is 0 Å². The molecule has 0 aliphatic heterocycles. The Bertz CT molecular complexity index is 452. The van der Waals surface area contributed by atoms with Crippen molar-refractivity contribution in [3.8, 4) is 11.1 Å². The maximum Gasteiger partial charge on any atom is -0.0184 e. The van der Waals surface area contributed by atoms with Gasteiger partial charge in [-0.05, 0) is 21.4 Å². The van der Waals surface area contributed by atoms with Gasteiger partial charge in [0.25, 0.3) is 0 Å². The summed E-state index contributed by atoms with van der Waals surface area (Å²) in [6, 6.07) is 20.8. The van der Waals surface area contributed by atoms with Crippen LogP contribution in [0.3, 0.4) is 0 Å². The summed E-state index contributed by atoms with van der Waals surface area (Å²) in [5.74, 6) is 0. The van der Waals surface area contributed by atoms with Crippen LogP contribution in [0.5, 0.6) is 0 Å². The highest BCUT2D eigenvalue weighted by molar-refractivity contribution is 7.41. The standard InChI is InChI=1S/C12H10.C8H19P/c1-3-7-11(8-4-1)12-9-5-2-6-10-12;1-7(2,3)9-8(4,5)6/h1-10H;9H,1-6H3. The number of rotatable bonds is 1. The highest BCUT2D eigenvalue weighted by Gasteiger charge is 2.19. The monoisotopic (exact) mass is 300 g/mol. The molecule has 0 aliphatic carbocycles. The quantitative estimate of drug-likeness (QED) is 0.519. The Kier molecular flexibility index (Phi) is 6.62. The molecular formula is C20H29P. The average Bonchev–Trinajstić information content (AvgIpc) is 2.37. The number of hydrogen-bond acceptors (Lipinski definition) is 0. The molecule has 0 saturated carbocycles. The van der Waals surface area contributed by atoms with Gasteiger partial charge in [-0.3, -0.25) is 0 Å². The summed E-state index contributed by atoms with van der Waals surface area (Å²) in [6.07, 6.45) is 0. The van der Waals surface area contributed by atoms with Crippen molar-refractivity contribution in [3.63, 3.8) is 0 Å². The van der Waals surface area contributed by atoms with E-state index in [0.717, 1.165) is 8.58 Å². The Labute approximate surface area is 132 Å². The van der Waals surface area contributed by atoms with E-state index in [-0.39, 0.29) is 0 Å². The molecule has 2 aromatic rings. The van der Waals surface area contributed by atoms with Crippen molar-refractivity contribution in [2.75, 3.05) is 0 Å². The Morgan fingerprint density at radius 3 is 1.00 bits per heavy atom. The third kappa shape index (κ3) is 8.68. The Balaban J connectivity index is 0.000000222. The van der Waals surface area contributed by atoms with Crippen molar-refractivity contribution in [3.05, 3.63) is 60.7 Å². The van der Waals surface area contributed by atoms with Crippen LogP contribution in [0.15, 0.2) is 60.7 Å². The van der Waals surface area contributed by atoms with Gasteiger partial charge in [-0.25, -0.2) is 0 Å². The van der Waals surface area contributed by atoms with Crippen LogP contribution in [0.25, 0.3) is 11.1 Å². The van der Waals surface area contributed by atoms with Crippen LogP contribution in [0, 0.1) is 0 Å². The second-order valence-electron chi connectivity index (χ2n) is 7.36. The molecule has 21 heavy (non-hydrogen) atoms. The highest BCUT2D eigenvalue weighted by atomic mass is 31.1. The van der Waals surface area contributed by atoms with Crippen molar-refractivity contribution >= 4 is 8.58 Å². The third-order valence-corrected chi connectivity index (χ3v) is 4.13. The molecule has 2 aromatic carbocycles. The van der Waals surface area contributed by atoms with E-state index in [9.17, 15) is 0 Å². The van der Waals surface area contributed by atoms with E-state index in [4.69, 9.17) is 0 Å². The lowest BCUT2D eigenvalue weighted by atomic mass is 10.1. The lowest BCUT2D eigenvalue weighted by Crippen LogP contribution is -2.16. The summed E-state index contributed by atoms with van der Waals surface area (Å²) in [7, 11) is 1.05. The number of benzene rings is 2. The topological polar surface area (TPSA) is 0 Å². The van der Waals surface area contributed by atoms with Gasteiger partial charge in [-0.15, -0.1) is 8.58 Å². The van der Waals surface area contributed by atoms with Gasteiger partial charge >= 0.3 is 0 Å². The maximum atomic E-state index is 2.30. The lowest BCUT2D eigenvalue weighted by Gasteiger charge is -2.28. The van der Waals surface area contributed by atoms with Crippen molar-refractivity contribution in [1.82, 2.24) is 0 Å². The summed E-state index contributed by atoms with van der Waals surface area (Å²) in [5, 5.41) is 1.02. The minimum absolute atomic E-state index is 0.512. The summed E-state index contributed by atoms with van der Waals surface area (Å²) in [4.78, 5) is 0. The van der Waals surface area contributed by atoms with Crippen molar-refractivity contribution in [2.24, 2.45) is 0 Å². The van der Waals surface area contributed by atoms with Crippen LogP contribution in [0.2, 0.25) is 0 Å². The minimum atomic E-state index is 0.512. The molecule has 0 heterocycles. The minimum Gasteiger partial charge on any atom is -0.111 e. The Hall–Kier alpha value is -1.13. The summed E-state index contributed by atoms with van der Waals surface area (Å²) in [5.41, 5.74) is 2.55. The molecule has 2 rings (SSSR count). The predicted molar refractivity (Wildman–Crippen MR) is 99.7 cm³/mol. The van der Waals surface area contributed by atoms with E-state index in [0.29, 0.717) is 10.3 Å². The third-order valence-electron chi connectivity index (χ3n) is 2.63. The predicted octanol–water partition coefficient (Wildman–Crippen LogP) is 6.62. The molecule has 0 bridgehead atoms. The lowest BCUT2D eigenvalue weighted by molar-refractivity contribution is 0.725. The molecule has 114 valence electrons. The average molecular weight is 300 g/mol. The molecule has 0 saturated heterocycles. The van der Waals surface area contributed by atoms with Crippen LogP contribution in [0.1, 0.15) is 41.5 Å². The van der Waals surface area contributed by atoms with Crippen molar-refractivity contribution in [1.29, 1.82) is 0 Å². The SMILES string of the molecule is CC(C)(C)PC(C)(C)C.c1ccc(-c2ccccc2)cc1. The van der Waals surface area contributed by atoms with Crippen LogP contribution in [0.4, 0.5) is 0 Å². The second kappa shape index (κ2) is 7.76. The smallest absolute Gasteiger partial charge is 0.0184 e. The van der Waals surface area contributed by atoms with Gasteiger partial charge in [-0.2, -0.15) is 0 Å². The largest absolute Gasteiger partial charge is 0.111 e. The zero-order chi connectivity index (χ0) is 15.9. The van der Waals surface area contributed by atoms with E-state index in [1.807, 2.05) is 12.1 Å². The molecule has 0 amide bonds. The fourth-order valence-electron chi connectivity index (χ4n) is 2.39. The van der Waals surface area contributed by atoms with Gasteiger partial charge in [0.05, 0.1) is 0 Å². The molecule has 0 spiro atoms. The van der Waals surface area contributed by atoms with E-state index >= 15 is 0 Å². The van der Waals surface area contributed by atoms with Gasteiger partial charge in [0.15, 0.2) is 0 Å². The first-order chi connectivity index (χ1) is 9.67. The summed E-state index contributed by atoms with van der Waals surface area (Å²) >= 11 is 0. The van der Waals surface area contributed by atoms with Gasteiger partial charge in [0.1, 0.15) is 0 Å². The maximum absolute atomic E-state index is 2.30. The van der Waals surface area contributed by atoms with E-state index in [2.05, 4.69) is 90.1 Å². The van der Waals surface area contributed by atoms with E-state index < -0.39 is 0 Å². The van der Waals surface area contributed by atoms with Gasteiger partial charge in [-0.1, -0.05) is 102 Å². The first kappa shape index (κ1) is 17.9. The molecule has 1 heteroatoms. The Morgan fingerprint density at radius 2 is 0.810 bits per heavy atom. The summed E-state index contributed by atoms with van der Waals surface area (Å²) in [6.45, 7) is 13.8. The van der Waals surface area contributed by atoms with Gasteiger partial charge in [0, 0.05) is 0 Å². The van der Waals surface area contributed by atoms with E-state index in [1.165, 1.54) is 11.1 Å². The zero-order valence-electron chi connectivity index (χ0n) is 14.3. The van der Waals surface area contributed by atoms with Gasteiger partial charge < -0.3 is 0 Å². The van der Waals surface area contributed by atoms with Crippen LogP contribution >= 0.6 is 8.58 Å². The fraction of sp³-hybridized carbons (Fsp3) is 0.400. The van der Waals surface area contributed by atoms with Gasteiger partial charge in [0.2, 0.25) is 0 Å². The molecule has 0 atom stereocenters. The highest BCUT2D eigenvalue weighted by Crippen LogP contribution is 2.41. The van der Waals surface area contributed by atoms with Crippen LogP contribution in [-0.4, -0.2) is 10.3 Å². The fourth-order valence-corrected chi connectivity index (χ4v) is 4.64. The molecule has 0 N–H and O–H groups in total. The second-order valence-corrected chi connectivity index (χ2v) is 10.6.